The second kappa shape index (κ2) is 5.99. The van der Waals surface area contributed by atoms with Crippen molar-refractivity contribution in [1.29, 1.82) is 5.26 Å². The normalized spacial score (nSPS) is 16.9. The molecule has 1 atom stereocenters. The molecular formula is C18H17NO2. The molecule has 0 heterocycles. The summed E-state index contributed by atoms with van der Waals surface area (Å²) in [5.74, 6) is 0.810. The molecule has 0 spiro atoms. The van der Waals surface area contributed by atoms with E-state index in [0.29, 0.717) is 12.2 Å². The number of ether oxygens (including phenoxy) is 1. The lowest BCUT2D eigenvalue weighted by atomic mass is 9.89. The Morgan fingerprint density at radius 3 is 3.00 bits per heavy atom. The van der Waals surface area contributed by atoms with E-state index in [2.05, 4.69) is 6.07 Å². The molecule has 1 aliphatic rings. The summed E-state index contributed by atoms with van der Waals surface area (Å²) in [5.41, 5.74) is 3.83. The highest BCUT2D eigenvalue weighted by atomic mass is 16.5. The maximum Gasteiger partial charge on any atom is 0.120 e. The van der Waals surface area contributed by atoms with Crippen molar-refractivity contribution in [2.45, 2.75) is 32.0 Å². The van der Waals surface area contributed by atoms with Crippen LogP contribution in [0, 0.1) is 11.3 Å². The van der Waals surface area contributed by atoms with Crippen LogP contribution in [0.15, 0.2) is 42.5 Å². The Balaban J connectivity index is 1.72. The fourth-order valence-corrected chi connectivity index (χ4v) is 2.75. The molecule has 2 aromatic rings. The van der Waals surface area contributed by atoms with Crippen LogP contribution in [0.2, 0.25) is 0 Å². The van der Waals surface area contributed by atoms with Gasteiger partial charge >= 0.3 is 0 Å². The number of rotatable bonds is 3. The number of nitriles is 1. The Morgan fingerprint density at radius 1 is 1.24 bits per heavy atom. The third-order valence-corrected chi connectivity index (χ3v) is 3.86. The van der Waals surface area contributed by atoms with Crippen molar-refractivity contribution in [3.05, 3.63) is 64.7 Å². The first-order chi connectivity index (χ1) is 10.3. The van der Waals surface area contributed by atoms with E-state index in [-0.39, 0.29) is 6.10 Å². The SMILES string of the molecule is N#Cc1cccc(COc2ccc3c(c2)CCCC3O)c1. The molecule has 0 aromatic heterocycles. The molecule has 0 fully saturated rings. The molecule has 0 radical (unpaired) electrons. The number of hydrogen-bond donors (Lipinski definition) is 1. The van der Waals surface area contributed by atoms with Gasteiger partial charge in [-0.3, -0.25) is 0 Å². The van der Waals surface area contributed by atoms with Crippen LogP contribution in [0.5, 0.6) is 5.75 Å². The Labute approximate surface area is 124 Å². The summed E-state index contributed by atoms with van der Waals surface area (Å²) >= 11 is 0. The first-order valence-electron chi connectivity index (χ1n) is 7.19. The topological polar surface area (TPSA) is 53.2 Å². The first-order valence-corrected chi connectivity index (χ1v) is 7.19. The zero-order chi connectivity index (χ0) is 14.7. The van der Waals surface area contributed by atoms with Crippen LogP contribution < -0.4 is 4.74 Å². The lowest BCUT2D eigenvalue weighted by Crippen LogP contribution is -2.09. The average Bonchev–Trinajstić information content (AvgIpc) is 2.53. The predicted molar refractivity (Wildman–Crippen MR) is 79.8 cm³/mol. The van der Waals surface area contributed by atoms with Gasteiger partial charge in [0.2, 0.25) is 0 Å². The molecule has 0 saturated carbocycles. The number of benzene rings is 2. The zero-order valence-corrected chi connectivity index (χ0v) is 11.7. The van der Waals surface area contributed by atoms with Crippen molar-refractivity contribution >= 4 is 0 Å². The van der Waals surface area contributed by atoms with E-state index in [1.807, 2.05) is 36.4 Å². The summed E-state index contributed by atoms with van der Waals surface area (Å²) in [5, 5.41) is 18.8. The summed E-state index contributed by atoms with van der Waals surface area (Å²) in [7, 11) is 0. The molecular weight excluding hydrogens is 262 g/mol. The third-order valence-electron chi connectivity index (χ3n) is 3.86. The van der Waals surface area contributed by atoms with Crippen LogP contribution in [0.4, 0.5) is 0 Å². The minimum Gasteiger partial charge on any atom is -0.489 e. The number of hydrogen-bond acceptors (Lipinski definition) is 3. The van der Waals surface area contributed by atoms with Gasteiger partial charge in [0.15, 0.2) is 0 Å². The van der Waals surface area contributed by atoms with Gasteiger partial charge in [0, 0.05) is 0 Å². The summed E-state index contributed by atoms with van der Waals surface area (Å²) in [6.07, 6.45) is 2.51. The van der Waals surface area contributed by atoms with E-state index in [0.717, 1.165) is 36.1 Å². The number of fused-ring (bicyclic) bond motifs is 1. The second-order valence-electron chi connectivity index (χ2n) is 5.37. The minimum absolute atomic E-state index is 0.338. The van der Waals surface area contributed by atoms with Crippen LogP contribution in [-0.2, 0) is 13.0 Å². The number of aliphatic hydroxyl groups excluding tert-OH is 1. The molecule has 0 saturated heterocycles. The van der Waals surface area contributed by atoms with Gasteiger partial charge in [-0.05, 0) is 60.2 Å². The van der Waals surface area contributed by atoms with Crippen molar-refractivity contribution in [1.82, 2.24) is 0 Å². The summed E-state index contributed by atoms with van der Waals surface area (Å²) in [6.45, 7) is 0.441. The van der Waals surface area contributed by atoms with Crippen molar-refractivity contribution in [3.63, 3.8) is 0 Å². The van der Waals surface area contributed by atoms with Gasteiger partial charge in [0.25, 0.3) is 0 Å². The summed E-state index contributed by atoms with van der Waals surface area (Å²) in [4.78, 5) is 0. The zero-order valence-electron chi connectivity index (χ0n) is 11.7. The van der Waals surface area contributed by atoms with Gasteiger partial charge in [0.05, 0.1) is 17.7 Å². The predicted octanol–water partition coefficient (Wildman–Crippen LogP) is 3.51. The molecule has 1 N–H and O–H groups in total. The number of nitrogens with zero attached hydrogens (tertiary/aromatic N) is 1. The van der Waals surface area contributed by atoms with Crippen molar-refractivity contribution in [2.24, 2.45) is 0 Å². The second-order valence-corrected chi connectivity index (χ2v) is 5.37. The van der Waals surface area contributed by atoms with E-state index in [4.69, 9.17) is 10.00 Å². The van der Waals surface area contributed by atoms with Gasteiger partial charge in [-0.1, -0.05) is 18.2 Å². The molecule has 3 nitrogen and oxygen atoms in total. The van der Waals surface area contributed by atoms with E-state index < -0.39 is 0 Å². The van der Waals surface area contributed by atoms with E-state index in [1.165, 1.54) is 5.56 Å². The highest BCUT2D eigenvalue weighted by Gasteiger charge is 2.18. The Kier molecular flexibility index (Phi) is 3.89. The minimum atomic E-state index is -0.338. The van der Waals surface area contributed by atoms with Crippen LogP contribution in [0.25, 0.3) is 0 Å². The summed E-state index contributed by atoms with van der Waals surface area (Å²) < 4.78 is 5.80. The van der Waals surface area contributed by atoms with E-state index in [9.17, 15) is 5.11 Å². The smallest absolute Gasteiger partial charge is 0.120 e. The molecule has 21 heavy (non-hydrogen) atoms. The molecule has 1 unspecified atom stereocenters. The molecule has 0 bridgehead atoms. The fraction of sp³-hybridized carbons (Fsp3) is 0.278. The monoisotopic (exact) mass is 279 g/mol. The number of aliphatic hydroxyl groups is 1. The first kappa shape index (κ1) is 13.7. The lowest BCUT2D eigenvalue weighted by Gasteiger charge is -2.21. The lowest BCUT2D eigenvalue weighted by molar-refractivity contribution is 0.156. The molecule has 106 valence electrons. The average molecular weight is 279 g/mol. The highest BCUT2D eigenvalue weighted by Crippen LogP contribution is 2.32. The van der Waals surface area contributed by atoms with Gasteiger partial charge in [-0.25, -0.2) is 0 Å². The van der Waals surface area contributed by atoms with Crippen LogP contribution in [0.1, 0.15) is 41.2 Å². The molecule has 0 amide bonds. The maximum atomic E-state index is 9.95. The van der Waals surface area contributed by atoms with Crippen LogP contribution >= 0.6 is 0 Å². The fourth-order valence-electron chi connectivity index (χ4n) is 2.75. The standard InChI is InChI=1S/C18H17NO2/c19-11-13-3-1-4-14(9-13)12-21-16-7-8-17-15(10-16)5-2-6-18(17)20/h1,3-4,7-10,18,20H,2,5-6,12H2. The van der Waals surface area contributed by atoms with Gasteiger partial charge in [-0.15, -0.1) is 0 Å². The Morgan fingerprint density at radius 2 is 2.14 bits per heavy atom. The molecule has 3 rings (SSSR count). The largest absolute Gasteiger partial charge is 0.489 e. The van der Waals surface area contributed by atoms with E-state index >= 15 is 0 Å². The Hall–Kier alpha value is -2.31. The highest BCUT2D eigenvalue weighted by molar-refractivity contribution is 5.39. The molecule has 0 aliphatic heterocycles. The van der Waals surface area contributed by atoms with Crippen molar-refractivity contribution in [3.8, 4) is 11.8 Å². The van der Waals surface area contributed by atoms with Gasteiger partial charge in [-0.2, -0.15) is 5.26 Å². The van der Waals surface area contributed by atoms with Crippen molar-refractivity contribution < 1.29 is 9.84 Å². The Bertz CT molecular complexity index is 688. The van der Waals surface area contributed by atoms with E-state index in [1.54, 1.807) is 6.07 Å². The van der Waals surface area contributed by atoms with Gasteiger partial charge < -0.3 is 9.84 Å². The third kappa shape index (κ3) is 3.07. The molecule has 2 aromatic carbocycles. The molecule has 3 heteroatoms. The van der Waals surface area contributed by atoms with Crippen LogP contribution in [0.3, 0.4) is 0 Å². The van der Waals surface area contributed by atoms with Crippen LogP contribution in [-0.4, -0.2) is 5.11 Å². The quantitative estimate of drug-likeness (QED) is 0.935. The number of aryl methyl sites for hydroxylation is 1. The maximum absolute atomic E-state index is 9.95. The van der Waals surface area contributed by atoms with Crippen molar-refractivity contribution in [2.75, 3.05) is 0 Å². The van der Waals surface area contributed by atoms with Gasteiger partial charge in [0.1, 0.15) is 12.4 Å². The molecule has 1 aliphatic carbocycles. The summed E-state index contributed by atoms with van der Waals surface area (Å²) in [6, 6.07) is 15.4.